The molecule has 0 aromatic heterocycles. The van der Waals surface area contributed by atoms with Crippen LogP contribution in [0.3, 0.4) is 0 Å². The average Bonchev–Trinajstić information content (AvgIpc) is 2.99. The van der Waals surface area contributed by atoms with E-state index in [1.807, 2.05) is 36.4 Å². The van der Waals surface area contributed by atoms with Crippen LogP contribution in [0.2, 0.25) is 0 Å². The quantitative estimate of drug-likeness (QED) is 0.699. The lowest BCUT2D eigenvalue weighted by Gasteiger charge is -2.50. The Morgan fingerprint density at radius 1 is 1.14 bits per heavy atom. The number of fused-ring (bicyclic) bond motifs is 5. The molecule has 0 heterocycles. The van der Waals surface area contributed by atoms with Gasteiger partial charge in [-0.3, -0.25) is 4.79 Å². The van der Waals surface area contributed by atoms with Crippen LogP contribution in [0.25, 0.3) is 11.1 Å². The van der Waals surface area contributed by atoms with E-state index < -0.39 is 18.0 Å². The normalized spacial score (nSPS) is 35.4. The van der Waals surface area contributed by atoms with Gasteiger partial charge in [0.15, 0.2) is 0 Å². The van der Waals surface area contributed by atoms with Crippen LogP contribution >= 0.6 is 0 Å². The lowest BCUT2D eigenvalue weighted by atomic mass is 9.55. The van der Waals surface area contributed by atoms with E-state index in [9.17, 15) is 20.1 Å². The summed E-state index contributed by atoms with van der Waals surface area (Å²) in [5.41, 5.74) is 4.11. The van der Waals surface area contributed by atoms with Gasteiger partial charge in [0.1, 0.15) is 5.75 Å². The van der Waals surface area contributed by atoms with Crippen LogP contribution in [0.4, 0.5) is 0 Å². The molecule has 5 rings (SSSR count). The summed E-state index contributed by atoms with van der Waals surface area (Å²) in [7, 11) is 0. The van der Waals surface area contributed by atoms with Gasteiger partial charge in [0, 0.05) is 5.56 Å². The van der Waals surface area contributed by atoms with Gasteiger partial charge in [-0.1, -0.05) is 37.3 Å². The van der Waals surface area contributed by atoms with Crippen LogP contribution in [0.1, 0.15) is 49.7 Å². The molecule has 0 spiro atoms. The number of hydrogen-bond donors (Lipinski definition) is 3. The fourth-order valence-corrected chi connectivity index (χ4v) is 6.71. The minimum absolute atomic E-state index is 0.236. The smallest absolute Gasteiger partial charge is 0.309 e. The predicted octanol–water partition coefficient (Wildman–Crippen LogP) is 4.59. The fourth-order valence-electron chi connectivity index (χ4n) is 6.71. The first-order chi connectivity index (χ1) is 13.9. The molecule has 0 amide bonds. The SMILES string of the molecule is C[C@]12CC[C@@H]3c4cc(-c5ccccc5)c(O)cc4CC[C@H]3[C@@H]1CC(C(=O)O)C2O. The number of benzene rings is 2. The second-order valence-electron chi connectivity index (χ2n) is 9.52. The molecule has 29 heavy (non-hydrogen) atoms. The molecule has 2 unspecified atom stereocenters. The van der Waals surface area contributed by atoms with Gasteiger partial charge in [0.25, 0.3) is 0 Å². The zero-order valence-electron chi connectivity index (χ0n) is 16.7. The minimum Gasteiger partial charge on any atom is -0.507 e. The molecule has 3 aliphatic rings. The lowest BCUT2D eigenvalue weighted by Crippen LogP contribution is -2.44. The van der Waals surface area contributed by atoms with E-state index in [-0.39, 0.29) is 11.3 Å². The molecule has 2 saturated carbocycles. The molecule has 4 nitrogen and oxygen atoms in total. The summed E-state index contributed by atoms with van der Waals surface area (Å²) in [6.07, 6.45) is 3.54. The van der Waals surface area contributed by atoms with Gasteiger partial charge < -0.3 is 15.3 Å². The van der Waals surface area contributed by atoms with Crippen LogP contribution in [0.5, 0.6) is 5.75 Å². The molecule has 0 bridgehead atoms. The van der Waals surface area contributed by atoms with Crippen LogP contribution < -0.4 is 0 Å². The number of aromatic hydroxyl groups is 1. The Morgan fingerprint density at radius 3 is 2.62 bits per heavy atom. The van der Waals surface area contributed by atoms with E-state index in [0.29, 0.717) is 24.0 Å². The standard InChI is InChI=1S/C25H28O4/c1-25-10-9-16-17(21(25)13-20(23(25)27)24(28)29)8-7-15-11-22(26)19(12-18(15)16)14-5-3-2-4-6-14/h2-6,11-12,16-17,20-21,23,26-27H,7-10,13H2,1H3,(H,28,29)/t16-,17+,20?,21-,23?,25-/m0/s1. The number of aliphatic hydroxyl groups is 1. The number of rotatable bonds is 2. The number of phenols is 1. The van der Waals surface area contributed by atoms with Gasteiger partial charge in [0.2, 0.25) is 0 Å². The highest BCUT2D eigenvalue weighted by atomic mass is 16.4. The van der Waals surface area contributed by atoms with Gasteiger partial charge in [-0.25, -0.2) is 0 Å². The van der Waals surface area contributed by atoms with Crippen molar-refractivity contribution in [3.63, 3.8) is 0 Å². The van der Waals surface area contributed by atoms with Crippen molar-refractivity contribution in [2.75, 3.05) is 0 Å². The number of carbonyl (C=O) groups is 1. The average molecular weight is 392 g/mol. The largest absolute Gasteiger partial charge is 0.507 e. The van der Waals surface area contributed by atoms with Gasteiger partial charge in [-0.2, -0.15) is 0 Å². The van der Waals surface area contributed by atoms with Gasteiger partial charge in [0.05, 0.1) is 12.0 Å². The van der Waals surface area contributed by atoms with Gasteiger partial charge in [-0.15, -0.1) is 0 Å². The van der Waals surface area contributed by atoms with Crippen molar-refractivity contribution in [2.24, 2.45) is 23.2 Å². The first kappa shape index (κ1) is 18.7. The second-order valence-corrected chi connectivity index (χ2v) is 9.52. The third kappa shape index (κ3) is 2.72. The summed E-state index contributed by atoms with van der Waals surface area (Å²) in [6.45, 7) is 2.10. The molecular weight excluding hydrogens is 364 g/mol. The molecule has 0 aliphatic heterocycles. The number of carboxylic acid groups (broad SMARTS) is 1. The molecule has 2 aromatic carbocycles. The number of aryl methyl sites for hydroxylation is 1. The van der Waals surface area contributed by atoms with E-state index in [0.717, 1.165) is 36.8 Å². The third-order valence-electron chi connectivity index (χ3n) is 8.25. The fraction of sp³-hybridized carbons (Fsp3) is 0.480. The topological polar surface area (TPSA) is 77.8 Å². The number of carboxylic acids is 1. The second kappa shape index (κ2) is 6.60. The Kier molecular flexibility index (Phi) is 4.25. The number of hydrogen-bond acceptors (Lipinski definition) is 3. The van der Waals surface area contributed by atoms with E-state index in [1.165, 1.54) is 11.1 Å². The van der Waals surface area contributed by atoms with E-state index in [1.54, 1.807) is 0 Å². The number of aliphatic hydroxyl groups excluding tert-OH is 1. The molecule has 3 N–H and O–H groups in total. The molecule has 2 fully saturated rings. The van der Waals surface area contributed by atoms with Crippen molar-refractivity contribution in [3.05, 3.63) is 53.6 Å². The van der Waals surface area contributed by atoms with Crippen LogP contribution in [-0.2, 0) is 11.2 Å². The maximum atomic E-state index is 11.7. The molecule has 4 heteroatoms. The van der Waals surface area contributed by atoms with Crippen molar-refractivity contribution < 1.29 is 20.1 Å². The van der Waals surface area contributed by atoms with Crippen LogP contribution in [0.15, 0.2) is 42.5 Å². The highest BCUT2D eigenvalue weighted by Gasteiger charge is 2.59. The zero-order valence-corrected chi connectivity index (χ0v) is 16.7. The van der Waals surface area contributed by atoms with Crippen molar-refractivity contribution in [3.8, 4) is 16.9 Å². The summed E-state index contributed by atoms with van der Waals surface area (Å²) < 4.78 is 0. The number of phenolic OH excluding ortho intramolecular Hbond substituents is 1. The van der Waals surface area contributed by atoms with Crippen molar-refractivity contribution in [1.29, 1.82) is 0 Å². The van der Waals surface area contributed by atoms with Crippen molar-refractivity contribution >= 4 is 5.97 Å². The summed E-state index contributed by atoms with van der Waals surface area (Å²) in [5, 5.41) is 31.1. The summed E-state index contributed by atoms with van der Waals surface area (Å²) in [4.78, 5) is 11.7. The van der Waals surface area contributed by atoms with E-state index >= 15 is 0 Å². The molecule has 2 aromatic rings. The first-order valence-electron chi connectivity index (χ1n) is 10.7. The molecule has 3 aliphatic carbocycles. The van der Waals surface area contributed by atoms with E-state index in [2.05, 4.69) is 13.0 Å². The monoisotopic (exact) mass is 392 g/mol. The molecular formula is C25H28O4. The highest BCUT2D eigenvalue weighted by Crippen LogP contribution is 2.62. The minimum atomic E-state index is -0.864. The van der Waals surface area contributed by atoms with Gasteiger partial charge in [-0.05, 0) is 84.1 Å². The highest BCUT2D eigenvalue weighted by molar-refractivity contribution is 5.73. The maximum Gasteiger partial charge on any atom is 0.309 e. The Bertz CT molecular complexity index is 953. The summed E-state index contributed by atoms with van der Waals surface area (Å²) in [6, 6.07) is 14.1. The first-order valence-corrected chi connectivity index (χ1v) is 10.7. The third-order valence-corrected chi connectivity index (χ3v) is 8.25. The lowest BCUT2D eigenvalue weighted by molar-refractivity contribution is -0.146. The maximum absolute atomic E-state index is 11.7. The molecule has 6 atom stereocenters. The van der Waals surface area contributed by atoms with E-state index in [4.69, 9.17) is 0 Å². The summed E-state index contributed by atoms with van der Waals surface area (Å²) in [5.74, 6) is -0.175. The molecule has 0 saturated heterocycles. The Morgan fingerprint density at radius 2 is 1.90 bits per heavy atom. The Hall–Kier alpha value is -2.33. The van der Waals surface area contributed by atoms with Crippen molar-refractivity contribution in [1.82, 2.24) is 0 Å². The zero-order chi connectivity index (χ0) is 20.3. The predicted molar refractivity (Wildman–Crippen MR) is 111 cm³/mol. The van der Waals surface area contributed by atoms with Gasteiger partial charge >= 0.3 is 5.97 Å². The Labute approximate surface area is 171 Å². The summed E-state index contributed by atoms with van der Waals surface area (Å²) >= 11 is 0. The van der Waals surface area contributed by atoms with Crippen LogP contribution in [-0.4, -0.2) is 27.4 Å². The molecule has 152 valence electrons. The van der Waals surface area contributed by atoms with Crippen LogP contribution in [0, 0.1) is 23.2 Å². The van der Waals surface area contributed by atoms with Crippen molar-refractivity contribution in [2.45, 2.75) is 51.0 Å². The Balaban J connectivity index is 1.54. The number of aliphatic carboxylic acids is 1. The molecule has 0 radical (unpaired) electrons.